The SMILES string of the molecule is N#CCc1ccc(-c2ccc(Br)cc2)n1-c1ccc(O)cc1. The van der Waals surface area contributed by atoms with E-state index >= 15 is 0 Å². The standard InChI is InChI=1S/C18H13BrN2O/c19-14-3-1-13(2-4-14)18-10-7-16(11-12-20)21(18)15-5-8-17(22)9-6-15/h1-10,22H,11H2. The molecule has 0 bridgehead atoms. The van der Waals surface area contributed by atoms with E-state index in [2.05, 4.69) is 22.0 Å². The molecule has 0 aliphatic rings. The van der Waals surface area contributed by atoms with Crippen molar-refractivity contribution in [2.24, 2.45) is 0 Å². The van der Waals surface area contributed by atoms with Crippen molar-refractivity contribution in [3.8, 4) is 28.8 Å². The monoisotopic (exact) mass is 352 g/mol. The molecule has 22 heavy (non-hydrogen) atoms. The highest BCUT2D eigenvalue weighted by Gasteiger charge is 2.12. The van der Waals surface area contributed by atoms with E-state index in [-0.39, 0.29) is 5.75 Å². The molecule has 0 unspecified atom stereocenters. The van der Waals surface area contributed by atoms with Gasteiger partial charge >= 0.3 is 0 Å². The maximum atomic E-state index is 9.48. The van der Waals surface area contributed by atoms with Crippen LogP contribution in [0.3, 0.4) is 0 Å². The number of phenolic OH excluding ortho intramolecular Hbond substituents is 1. The van der Waals surface area contributed by atoms with Gasteiger partial charge in [0.25, 0.3) is 0 Å². The quantitative estimate of drug-likeness (QED) is 0.743. The topological polar surface area (TPSA) is 49.0 Å². The van der Waals surface area contributed by atoms with Gasteiger partial charge in [-0.05, 0) is 54.1 Å². The normalized spacial score (nSPS) is 10.4. The van der Waals surface area contributed by atoms with E-state index in [0.717, 1.165) is 27.1 Å². The summed E-state index contributed by atoms with van der Waals surface area (Å²) >= 11 is 3.44. The molecule has 0 aliphatic carbocycles. The third-order valence-electron chi connectivity index (χ3n) is 3.47. The largest absolute Gasteiger partial charge is 0.508 e. The lowest BCUT2D eigenvalue weighted by Crippen LogP contribution is -2.01. The summed E-state index contributed by atoms with van der Waals surface area (Å²) < 4.78 is 3.07. The molecule has 0 saturated carbocycles. The van der Waals surface area contributed by atoms with Gasteiger partial charge in [-0.3, -0.25) is 0 Å². The Labute approximate surface area is 137 Å². The highest BCUT2D eigenvalue weighted by Crippen LogP contribution is 2.28. The lowest BCUT2D eigenvalue weighted by molar-refractivity contribution is 0.475. The van der Waals surface area contributed by atoms with Gasteiger partial charge in [-0.25, -0.2) is 0 Å². The second-order valence-corrected chi connectivity index (χ2v) is 5.82. The van der Waals surface area contributed by atoms with Crippen LogP contribution in [0.25, 0.3) is 16.9 Å². The molecule has 2 aromatic carbocycles. The Balaban J connectivity index is 2.17. The first-order valence-corrected chi connectivity index (χ1v) is 7.61. The molecule has 3 aromatic rings. The number of hydrogen-bond donors (Lipinski definition) is 1. The number of nitrogens with zero attached hydrogens (tertiary/aromatic N) is 2. The molecule has 3 nitrogen and oxygen atoms in total. The van der Waals surface area contributed by atoms with Gasteiger partial charge in [0.1, 0.15) is 5.75 Å². The van der Waals surface area contributed by atoms with Gasteiger partial charge in [-0.15, -0.1) is 0 Å². The van der Waals surface area contributed by atoms with Gasteiger partial charge in [0.15, 0.2) is 0 Å². The molecule has 0 radical (unpaired) electrons. The Morgan fingerprint density at radius 1 is 0.955 bits per heavy atom. The van der Waals surface area contributed by atoms with Crippen LogP contribution in [0.1, 0.15) is 5.69 Å². The van der Waals surface area contributed by atoms with Crippen molar-refractivity contribution in [2.45, 2.75) is 6.42 Å². The van der Waals surface area contributed by atoms with Crippen molar-refractivity contribution in [2.75, 3.05) is 0 Å². The molecule has 0 spiro atoms. The number of phenols is 1. The summed E-state index contributed by atoms with van der Waals surface area (Å²) in [5.41, 5.74) is 3.93. The fraction of sp³-hybridized carbons (Fsp3) is 0.0556. The highest BCUT2D eigenvalue weighted by molar-refractivity contribution is 9.10. The second-order valence-electron chi connectivity index (χ2n) is 4.90. The lowest BCUT2D eigenvalue weighted by Gasteiger charge is -2.13. The van der Waals surface area contributed by atoms with Crippen LogP contribution in [-0.4, -0.2) is 9.67 Å². The Kier molecular flexibility index (Phi) is 3.99. The maximum absolute atomic E-state index is 9.48. The summed E-state index contributed by atoms with van der Waals surface area (Å²) in [6, 6.07) is 21.2. The molecule has 0 aliphatic heterocycles. The van der Waals surface area contributed by atoms with E-state index < -0.39 is 0 Å². The van der Waals surface area contributed by atoms with Crippen molar-refractivity contribution in [3.05, 3.63) is 70.8 Å². The summed E-state index contributed by atoms with van der Waals surface area (Å²) in [6.45, 7) is 0. The first kappa shape index (κ1) is 14.4. The average Bonchev–Trinajstić information content (AvgIpc) is 2.93. The number of benzene rings is 2. The van der Waals surface area contributed by atoms with Crippen LogP contribution >= 0.6 is 15.9 Å². The lowest BCUT2D eigenvalue weighted by atomic mass is 10.1. The number of nitriles is 1. The summed E-state index contributed by atoms with van der Waals surface area (Å²) in [5, 5.41) is 18.5. The number of aromatic nitrogens is 1. The fourth-order valence-corrected chi connectivity index (χ4v) is 2.71. The van der Waals surface area contributed by atoms with E-state index in [9.17, 15) is 5.11 Å². The molecule has 108 valence electrons. The van der Waals surface area contributed by atoms with Gasteiger partial charge in [-0.2, -0.15) is 5.26 Å². The Morgan fingerprint density at radius 3 is 2.27 bits per heavy atom. The number of rotatable bonds is 3. The summed E-state index contributed by atoms with van der Waals surface area (Å²) in [5.74, 6) is 0.225. The van der Waals surface area contributed by atoms with Gasteiger partial charge < -0.3 is 9.67 Å². The van der Waals surface area contributed by atoms with E-state index in [1.165, 1.54) is 0 Å². The van der Waals surface area contributed by atoms with E-state index in [1.807, 2.05) is 53.1 Å². The number of halogens is 1. The first-order valence-electron chi connectivity index (χ1n) is 6.82. The molecule has 1 N–H and O–H groups in total. The molecule has 3 rings (SSSR count). The van der Waals surface area contributed by atoms with Crippen LogP contribution in [0.15, 0.2) is 65.1 Å². The summed E-state index contributed by atoms with van der Waals surface area (Å²) in [7, 11) is 0. The van der Waals surface area contributed by atoms with Gasteiger partial charge in [-0.1, -0.05) is 28.1 Å². The van der Waals surface area contributed by atoms with Crippen LogP contribution in [0.5, 0.6) is 5.75 Å². The number of aromatic hydroxyl groups is 1. The highest BCUT2D eigenvalue weighted by atomic mass is 79.9. The minimum absolute atomic E-state index is 0.225. The molecule has 1 heterocycles. The van der Waals surface area contributed by atoms with E-state index in [4.69, 9.17) is 5.26 Å². The minimum Gasteiger partial charge on any atom is -0.508 e. The van der Waals surface area contributed by atoms with Crippen LogP contribution in [0, 0.1) is 11.3 Å². The smallest absolute Gasteiger partial charge is 0.115 e. The van der Waals surface area contributed by atoms with Crippen LogP contribution in [0.4, 0.5) is 0 Å². The van der Waals surface area contributed by atoms with Crippen LogP contribution < -0.4 is 0 Å². The van der Waals surface area contributed by atoms with Crippen LogP contribution in [-0.2, 0) is 6.42 Å². The Bertz CT molecular complexity index is 827. The zero-order valence-corrected chi connectivity index (χ0v) is 13.3. The van der Waals surface area contributed by atoms with E-state index in [0.29, 0.717) is 6.42 Å². The zero-order chi connectivity index (χ0) is 15.5. The molecule has 0 atom stereocenters. The molecule has 4 heteroatoms. The second kappa shape index (κ2) is 6.08. The molecule has 1 aromatic heterocycles. The molecular weight excluding hydrogens is 340 g/mol. The molecule has 0 fully saturated rings. The fourth-order valence-electron chi connectivity index (χ4n) is 2.45. The van der Waals surface area contributed by atoms with Crippen molar-refractivity contribution < 1.29 is 5.11 Å². The predicted molar refractivity (Wildman–Crippen MR) is 89.9 cm³/mol. The molecule has 0 saturated heterocycles. The maximum Gasteiger partial charge on any atom is 0.115 e. The van der Waals surface area contributed by atoms with Crippen molar-refractivity contribution in [1.82, 2.24) is 4.57 Å². The van der Waals surface area contributed by atoms with Crippen molar-refractivity contribution >= 4 is 15.9 Å². The van der Waals surface area contributed by atoms with Crippen LogP contribution in [0.2, 0.25) is 0 Å². The average molecular weight is 353 g/mol. The van der Waals surface area contributed by atoms with Gasteiger partial charge in [0.2, 0.25) is 0 Å². The Morgan fingerprint density at radius 2 is 1.64 bits per heavy atom. The van der Waals surface area contributed by atoms with E-state index in [1.54, 1.807) is 12.1 Å². The first-order chi connectivity index (χ1) is 10.7. The van der Waals surface area contributed by atoms with Gasteiger partial charge in [0.05, 0.1) is 18.2 Å². The predicted octanol–water partition coefficient (Wildman–Crippen LogP) is 4.68. The Hall–Kier alpha value is -2.51. The third-order valence-corrected chi connectivity index (χ3v) is 4.00. The third kappa shape index (κ3) is 2.76. The van der Waals surface area contributed by atoms with Gasteiger partial charge in [0, 0.05) is 15.9 Å². The summed E-state index contributed by atoms with van der Waals surface area (Å²) in [6.07, 6.45) is 0.331. The molecule has 0 amide bonds. The molecular formula is C18H13BrN2O. The van der Waals surface area contributed by atoms with Crippen molar-refractivity contribution in [1.29, 1.82) is 5.26 Å². The van der Waals surface area contributed by atoms with Crippen molar-refractivity contribution in [3.63, 3.8) is 0 Å². The summed E-state index contributed by atoms with van der Waals surface area (Å²) in [4.78, 5) is 0. The zero-order valence-electron chi connectivity index (χ0n) is 11.7. The minimum atomic E-state index is 0.225. The number of hydrogen-bond acceptors (Lipinski definition) is 2.